The first kappa shape index (κ1) is 14.4. The third-order valence-electron chi connectivity index (χ3n) is 3.09. The van der Waals surface area contributed by atoms with E-state index in [0.29, 0.717) is 19.5 Å². The van der Waals surface area contributed by atoms with Crippen LogP contribution in [0.1, 0.15) is 0 Å². The van der Waals surface area contributed by atoms with Crippen LogP contribution in [0.5, 0.6) is 0 Å². The van der Waals surface area contributed by atoms with Gasteiger partial charge in [-0.05, 0) is 6.07 Å². The summed E-state index contributed by atoms with van der Waals surface area (Å²) in [6.45, 7) is 1.00. The van der Waals surface area contributed by atoms with E-state index in [4.69, 9.17) is 0 Å². The Bertz CT molecular complexity index is 623. The van der Waals surface area contributed by atoms with E-state index in [9.17, 15) is 23.3 Å². The van der Waals surface area contributed by atoms with Crippen molar-refractivity contribution in [2.75, 3.05) is 26.2 Å². The molecule has 9 heteroatoms. The van der Waals surface area contributed by atoms with Crippen molar-refractivity contribution < 1.29 is 18.1 Å². The van der Waals surface area contributed by atoms with Crippen LogP contribution in [0, 0.1) is 10.1 Å². The number of amides is 1. The first-order valence-electron chi connectivity index (χ1n) is 5.89. The number of carbonyl (C=O) groups excluding carboxylic acids is 1. The summed E-state index contributed by atoms with van der Waals surface area (Å²) in [5.74, 6) is 0. The van der Waals surface area contributed by atoms with E-state index in [1.807, 2.05) is 0 Å². The molecular formula is C11H13N3O5S. The molecule has 1 saturated heterocycles. The van der Waals surface area contributed by atoms with E-state index >= 15 is 0 Å². The molecule has 1 aromatic rings. The van der Waals surface area contributed by atoms with Crippen LogP contribution in [0.2, 0.25) is 0 Å². The van der Waals surface area contributed by atoms with Gasteiger partial charge in [-0.2, -0.15) is 4.31 Å². The molecule has 1 aromatic carbocycles. The number of hydrogen-bond acceptors (Lipinski definition) is 5. The van der Waals surface area contributed by atoms with Gasteiger partial charge in [0.15, 0.2) is 0 Å². The van der Waals surface area contributed by atoms with Gasteiger partial charge in [0.2, 0.25) is 16.4 Å². The summed E-state index contributed by atoms with van der Waals surface area (Å²) in [4.78, 5) is 22.0. The Kier molecular flexibility index (Phi) is 4.00. The number of sulfonamides is 1. The number of rotatable bonds is 4. The van der Waals surface area contributed by atoms with Gasteiger partial charge in [0.05, 0.1) is 9.82 Å². The SMILES string of the molecule is O=CN1CCN(S(=O)(=O)c2cccc([N+](=O)[O-])c2)CC1. The fraction of sp³-hybridized carbons (Fsp3) is 0.364. The van der Waals surface area contributed by atoms with Gasteiger partial charge < -0.3 is 4.90 Å². The van der Waals surface area contributed by atoms with Gasteiger partial charge in [-0.15, -0.1) is 0 Å². The summed E-state index contributed by atoms with van der Waals surface area (Å²) in [6, 6.07) is 4.95. The average Bonchev–Trinajstić information content (AvgIpc) is 2.47. The Balaban J connectivity index is 2.25. The van der Waals surface area contributed by atoms with Crippen molar-refractivity contribution in [2.24, 2.45) is 0 Å². The lowest BCUT2D eigenvalue weighted by Gasteiger charge is -2.31. The molecule has 1 fully saturated rings. The number of non-ortho nitro benzene ring substituents is 1. The highest BCUT2D eigenvalue weighted by Crippen LogP contribution is 2.21. The van der Waals surface area contributed by atoms with E-state index in [1.165, 1.54) is 27.4 Å². The smallest absolute Gasteiger partial charge is 0.270 e. The molecule has 0 unspecified atom stereocenters. The highest BCUT2D eigenvalue weighted by molar-refractivity contribution is 7.89. The number of nitro benzene ring substituents is 1. The molecular weight excluding hydrogens is 286 g/mol. The zero-order valence-electron chi connectivity index (χ0n) is 10.5. The fourth-order valence-electron chi connectivity index (χ4n) is 1.96. The predicted octanol–water partition coefficient (Wildman–Crippen LogP) is 0.0575. The maximum absolute atomic E-state index is 12.4. The topological polar surface area (TPSA) is 101 Å². The quantitative estimate of drug-likeness (QED) is 0.444. The van der Waals surface area contributed by atoms with Gasteiger partial charge in [-0.1, -0.05) is 6.07 Å². The van der Waals surface area contributed by atoms with Crippen LogP contribution in [0.4, 0.5) is 5.69 Å². The van der Waals surface area contributed by atoms with Gasteiger partial charge >= 0.3 is 0 Å². The van der Waals surface area contributed by atoms with E-state index in [0.717, 1.165) is 6.07 Å². The van der Waals surface area contributed by atoms with E-state index in [2.05, 4.69) is 0 Å². The first-order valence-corrected chi connectivity index (χ1v) is 7.33. The average molecular weight is 299 g/mol. The number of piperazine rings is 1. The van der Waals surface area contributed by atoms with Crippen LogP contribution in [0.3, 0.4) is 0 Å². The van der Waals surface area contributed by atoms with Gasteiger partial charge in [0.1, 0.15) is 0 Å². The monoisotopic (exact) mass is 299 g/mol. The minimum atomic E-state index is -3.76. The molecule has 108 valence electrons. The minimum Gasteiger partial charge on any atom is -0.343 e. The van der Waals surface area contributed by atoms with Crippen LogP contribution >= 0.6 is 0 Å². The van der Waals surface area contributed by atoms with Gasteiger partial charge in [-0.25, -0.2) is 8.42 Å². The molecule has 20 heavy (non-hydrogen) atoms. The maximum Gasteiger partial charge on any atom is 0.270 e. The van der Waals surface area contributed by atoms with Crippen molar-refractivity contribution in [1.29, 1.82) is 0 Å². The second-order valence-electron chi connectivity index (χ2n) is 4.30. The number of benzene rings is 1. The van der Waals surface area contributed by atoms with Crippen LogP contribution in [-0.2, 0) is 14.8 Å². The molecule has 0 aromatic heterocycles. The number of nitrogens with zero attached hydrogens (tertiary/aromatic N) is 3. The zero-order chi connectivity index (χ0) is 14.8. The summed E-state index contributed by atoms with van der Waals surface area (Å²) in [7, 11) is -3.76. The Morgan fingerprint density at radius 2 is 1.85 bits per heavy atom. The molecule has 8 nitrogen and oxygen atoms in total. The summed E-state index contributed by atoms with van der Waals surface area (Å²) < 4.78 is 25.9. The molecule has 0 aliphatic carbocycles. The minimum absolute atomic E-state index is 0.105. The summed E-state index contributed by atoms with van der Waals surface area (Å²) in [5.41, 5.74) is -0.266. The molecule has 0 atom stereocenters. The first-order chi connectivity index (χ1) is 9.45. The lowest BCUT2D eigenvalue weighted by Crippen LogP contribution is -2.47. The molecule has 1 amide bonds. The summed E-state index contributed by atoms with van der Waals surface area (Å²) >= 11 is 0. The standard InChI is InChI=1S/C11H13N3O5S/c15-9-12-4-6-13(7-5-12)20(18,19)11-3-1-2-10(8-11)14(16)17/h1-3,8-9H,4-7H2. The Labute approximate surface area is 115 Å². The van der Waals surface area contributed by atoms with Crippen LogP contribution in [0.15, 0.2) is 29.2 Å². The summed E-state index contributed by atoms with van der Waals surface area (Å²) in [5, 5.41) is 10.7. The zero-order valence-corrected chi connectivity index (χ0v) is 11.3. The molecule has 0 saturated carbocycles. The van der Waals surface area contributed by atoms with Gasteiger partial charge in [0, 0.05) is 38.3 Å². The third kappa shape index (κ3) is 2.78. The largest absolute Gasteiger partial charge is 0.343 e. The number of hydrogen-bond donors (Lipinski definition) is 0. The molecule has 1 aliphatic heterocycles. The normalized spacial score (nSPS) is 16.9. The lowest BCUT2D eigenvalue weighted by atomic mass is 10.3. The predicted molar refractivity (Wildman–Crippen MR) is 69.5 cm³/mol. The van der Waals surface area contributed by atoms with Gasteiger partial charge in [-0.3, -0.25) is 14.9 Å². The molecule has 0 radical (unpaired) electrons. The summed E-state index contributed by atoms with van der Waals surface area (Å²) in [6.07, 6.45) is 0.678. The van der Waals surface area contributed by atoms with Crippen LogP contribution < -0.4 is 0 Å². The molecule has 0 bridgehead atoms. The van der Waals surface area contributed by atoms with Gasteiger partial charge in [0.25, 0.3) is 5.69 Å². The Hall–Kier alpha value is -2.00. The second kappa shape index (κ2) is 5.55. The number of carbonyl (C=O) groups is 1. The van der Waals surface area contributed by atoms with Crippen molar-refractivity contribution in [1.82, 2.24) is 9.21 Å². The van der Waals surface area contributed by atoms with Crippen molar-refractivity contribution in [3.05, 3.63) is 34.4 Å². The molecule has 1 heterocycles. The van der Waals surface area contributed by atoms with E-state index in [1.54, 1.807) is 0 Å². The van der Waals surface area contributed by atoms with Crippen molar-refractivity contribution in [2.45, 2.75) is 4.90 Å². The van der Waals surface area contributed by atoms with Crippen molar-refractivity contribution in [3.8, 4) is 0 Å². The Morgan fingerprint density at radius 1 is 1.20 bits per heavy atom. The molecule has 2 rings (SSSR count). The highest BCUT2D eigenvalue weighted by Gasteiger charge is 2.28. The van der Waals surface area contributed by atoms with Crippen molar-refractivity contribution in [3.63, 3.8) is 0 Å². The third-order valence-corrected chi connectivity index (χ3v) is 4.98. The van der Waals surface area contributed by atoms with Crippen LogP contribution in [0.25, 0.3) is 0 Å². The molecule has 0 spiro atoms. The van der Waals surface area contributed by atoms with E-state index < -0.39 is 14.9 Å². The van der Waals surface area contributed by atoms with Crippen LogP contribution in [-0.4, -0.2) is 55.1 Å². The highest BCUT2D eigenvalue weighted by atomic mass is 32.2. The lowest BCUT2D eigenvalue weighted by molar-refractivity contribution is -0.385. The maximum atomic E-state index is 12.4. The van der Waals surface area contributed by atoms with Crippen molar-refractivity contribution >= 4 is 22.1 Å². The molecule has 0 N–H and O–H groups in total. The Morgan fingerprint density at radius 3 is 2.40 bits per heavy atom. The van der Waals surface area contributed by atoms with E-state index in [-0.39, 0.29) is 23.7 Å². The fourth-order valence-corrected chi connectivity index (χ4v) is 3.42. The molecule has 1 aliphatic rings. The number of nitro groups is 1. The second-order valence-corrected chi connectivity index (χ2v) is 6.24.